The Kier molecular flexibility index (Phi) is 3.96. The van der Waals surface area contributed by atoms with Crippen LogP contribution >= 0.6 is 0 Å². The molecule has 7 nitrogen and oxygen atoms in total. The molecular formula is C12H16N4O3S. The summed E-state index contributed by atoms with van der Waals surface area (Å²) in [6.07, 6.45) is 1.20. The molecule has 0 aliphatic carbocycles. The molecule has 0 unspecified atom stereocenters. The summed E-state index contributed by atoms with van der Waals surface area (Å²) in [5.74, 6) is 0.707. The first kappa shape index (κ1) is 14.4. The topological polar surface area (TPSA) is 101 Å². The van der Waals surface area contributed by atoms with E-state index in [0.29, 0.717) is 5.75 Å². The van der Waals surface area contributed by atoms with Crippen molar-refractivity contribution in [1.82, 2.24) is 14.5 Å². The van der Waals surface area contributed by atoms with E-state index in [4.69, 9.17) is 10.5 Å². The first-order valence-corrected chi connectivity index (χ1v) is 7.27. The number of benzene rings is 1. The number of methoxy groups -OCH3 is 1. The highest BCUT2D eigenvalue weighted by atomic mass is 32.2. The fourth-order valence-corrected chi connectivity index (χ4v) is 2.94. The molecule has 0 saturated heterocycles. The number of anilines is 1. The fourth-order valence-electron chi connectivity index (χ4n) is 1.77. The minimum atomic E-state index is -3.67. The summed E-state index contributed by atoms with van der Waals surface area (Å²) in [4.78, 5) is -0.0251. The van der Waals surface area contributed by atoms with Crippen molar-refractivity contribution in [3.8, 4) is 5.75 Å². The summed E-state index contributed by atoms with van der Waals surface area (Å²) < 4.78 is 31.0. The maximum Gasteiger partial charge on any atom is 0.248 e. The van der Waals surface area contributed by atoms with Gasteiger partial charge in [0.15, 0.2) is 0 Å². The number of nitrogens with zero attached hydrogens (tertiary/aromatic N) is 2. The van der Waals surface area contributed by atoms with Gasteiger partial charge in [0, 0.05) is 13.6 Å². The summed E-state index contributed by atoms with van der Waals surface area (Å²) in [6.45, 7) is 0.212. The lowest BCUT2D eigenvalue weighted by Gasteiger charge is -2.16. The first-order chi connectivity index (χ1) is 9.45. The number of sulfonamides is 1. The van der Waals surface area contributed by atoms with Crippen molar-refractivity contribution in [2.45, 2.75) is 11.4 Å². The number of ether oxygens (including phenoxy) is 1. The van der Waals surface area contributed by atoms with Crippen LogP contribution in [0.4, 0.5) is 5.82 Å². The highest BCUT2D eigenvalue weighted by molar-refractivity contribution is 7.89. The van der Waals surface area contributed by atoms with Gasteiger partial charge < -0.3 is 10.5 Å². The van der Waals surface area contributed by atoms with Crippen LogP contribution in [0, 0.1) is 0 Å². The molecule has 0 radical (unpaired) electrons. The molecule has 3 N–H and O–H groups in total. The number of nitrogen functional groups attached to an aromatic ring is 1. The number of nitrogens with one attached hydrogen (secondary N) is 1. The normalized spacial score (nSPS) is 11.8. The van der Waals surface area contributed by atoms with Gasteiger partial charge in [0.2, 0.25) is 10.0 Å². The lowest BCUT2D eigenvalue weighted by atomic mass is 10.2. The van der Waals surface area contributed by atoms with Crippen LogP contribution in [0.5, 0.6) is 5.75 Å². The van der Waals surface area contributed by atoms with Crippen LogP contribution in [0.25, 0.3) is 0 Å². The van der Waals surface area contributed by atoms with Crippen molar-refractivity contribution in [2.75, 3.05) is 19.9 Å². The van der Waals surface area contributed by atoms with E-state index >= 15 is 0 Å². The summed E-state index contributed by atoms with van der Waals surface area (Å²) >= 11 is 0. The number of nitrogens with two attached hydrogens (primary N) is 1. The first-order valence-electron chi connectivity index (χ1n) is 5.83. The van der Waals surface area contributed by atoms with Crippen molar-refractivity contribution < 1.29 is 13.2 Å². The van der Waals surface area contributed by atoms with Gasteiger partial charge in [0.05, 0.1) is 13.3 Å². The van der Waals surface area contributed by atoms with E-state index in [1.165, 1.54) is 17.5 Å². The third-order valence-corrected chi connectivity index (χ3v) is 4.69. The average Bonchev–Trinajstić information content (AvgIpc) is 2.86. The lowest BCUT2D eigenvalue weighted by Crippen LogP contribution is -2.26. The monoisotopic (exact) mass is 296 g/mol. The van der Waals surface area contributed by atoms with Gasteiger partial charge >= 0.3 is 0 Å². The molecule has 8 heteroatoms. The zero-order chi connectivity index (χ0) is 14.8. The highest BCUT2D eigenvalue weighted by Gasteiger charge is 2.24. The number of H-pyrrole nitrogens is 1. The maximum absolute atomic E-state index is 12.3. The molecule has 0 aliphatic rings. The van der Waals surface area contributed by atoms with Gasteiger partial charge in [-0.25, -0.2) is 8.42 Å². The quantitative estimate of drug-likeness (QED) is 0.850. The van der Waals surface area contributed by atoms with Gasteiger partial charge in [0.25, 0.3) is 0 Å². The van der Waals surface area contributed by atoms with Gasteiger partial charge in [-0.2, -0.15) is 9.40 Å². The number of rotatable bonds is 5. The lowest BCUT2D eigenvalue weighted by molar-refractivity contribution is 0.412. The molecule has 1 heterocycles. The van der Waals surface area contributed by atoms with Gasteiger partial charge in [0.1, 0.15) is 16.5 Å². The Hall–Kier alpha value is -2.06. The third-order valence-electron chi connectivity index (χ3n) is 2.86. The molecule has 0 fully saturated rings. The van der Waals surface area contributed by atoms with Crippen molar-refractivity contribution in [3.05, 3.63) is 36.0 Å². The Bertz CT molecular complexity index is 696. The van der Waals surface area contributed by atoms with Crippen molar-refractivity contribution in [2.24, 2.45) is 0 Å². The summed E-state index contributed by atoms with van der Waals surface area (Å²) in [7, 11) is -0.622. The van der Waals surface area contributed by atoms with Gasteiger partial charge in [-0.3, -0.25) is 5.10 Å². The number of hydrogen-bond acceptors (Lipinski definition) is 5. The van der Waals surface area contributed by atoms with E-state index in [-0.39, 0.29) is 17.3 Å². The highest BCUT2D eigenvalue weighted by Crippen LogP contribution is 2.21. The average molecular weight is 296 g/mol. The largest absolute Gasteiger partial charge is 0.497 e. The number of aromatic amines is 1. The van der Waals surface area contributed by atoms with Crippen LogP contribution in [0.1, 0.15) is 5.56 Å². The Balaban J connectivity index is 2.23. The Morgan fingerprint density at radius 1 is 1.45 bits per heavy atom. The van der Waals surface area contributed by atoms with Crippen LogP contribution in [0.2, 0.25) is 0 Å². The Morgan fingerprint density at radius 2 is 2.20 bits per heavy atom. The smallest absolute Gasteiger partial charge is 0.248 e. The molecule has 0 saturated carbocycles. The minimum absolute atomic E-state index is 0.0251. The summed E-state index contributed by atoms with van der Waals surface area (Å²) in [5, 5.41) is 6.04. The van der Waals surface area contributed by atoms with E-state index < -0.39 is 10.0 Å². The van der Waals surface area contributed by atoms with E-state index in [0.717, 1.165) is 5.56 Å². The molecular weight excluding hydrogens is 280 g/mol. The minimum Gasteiger partial charge on any atom is -0.497 e. The van der Waals surface area contributed by atoms with E-state index in [1.807, 2.05) is 6.07 Å². The summed E-state index contributed by atoms with van der Waals surface area (Å²) in [5.41, 5.74) is 6.38. The zero-order valence-corrected chi connectivity index (χ0v) is 12.0. The van der Waals surface area contributed by atoms with Gasteiger partial charge in [-0.1, -0.05) is 12.1 Å². The van der Waals surface area contributed by atoms with Crippen molar-refractivity contribution in [1.29, 1.82) is 0 Å². The second kappa shape index (κ2) is 5.51. The van der Waals surface area contributed by atoms with E-state index in [1.54, 1.807) is 25.3 Å². The SMILES string of the molecule is COc1cccc(CN(C)S(=O)(=O)c2cn[nH]c2N)c1. The van der Waals surface area contributed by atoms with Crippen LogP contribution in [-0.2, 0) is 16.6 Å². The van der Waals surface area contributed by atoms with Crippen LogP contribution in [-0.4, -0.2) is 37.1 Å². The predicted octanol–water partition coefficient (Wildman–Crippen LogP) is 0.821. The predicted molar refractivity (Wildman–Crippen MR) is 74.6 cm³/mol. The van der Waals surface area contributed by atoms with Crippen molar-refractivity contribution >= 4 is 15.8 Å². The van der Waals surface area contributed by atoms with Crippen LogP contribution in [0.3, 0.4) is 0 Å². The van der Waals surface area contributed by atoms with Crippen LogP contribution < -0.4 is 10.5 Å². The standard InChI is InChI=1S/C12H16N4O3S/c1-16(8-9-4-3-5-10(6-9)19-2)20(17,18)11-7-14-15-12(11)13/h3-7H,8H2,1-2H3,(H3,13,14,15). The summed E-state index contributed by atoms with van der Waals surface area (Å²) in [6, 6.07) is 7.21. The molecule has 0 spiro atoms. The molecule has 1 aromatic heterocycles. The number of hydrogen-bond donors (Lipinski definition) is 2. The molecule has 2 aromatic rings. The van der Waals surface area contributed by atoms with Crippen molar-refractivity contribution in [3.63, 3.8) is 0 Å². The van der Waals surface area contributed by atoms with Crippen LogP contribution in [0.15, 0.2) is 35.4 Å². The number of aromatic nitrogens is 2. The molecule has 0 aliphatic heterocycles. The molecule has 0 bridgehead atoms. The third kappa shape index (κ3) is 2.75. The fraction of sp³-hybridized carbons (Fsp3) is 0.250. The second-order valence-electron chi connectivity index (χ2n) is 4.26. The Labute approximate surface area is 117 Å². The molecule has 0 atom stereocenters. The molecule has 20 heavy (non-hydrogen) atoms. The molecule has 0 amide bonds. The Morgan fingerprint density at radius 3 is 2.80 bits per heavy atom. The van der Waals surface area contributed by atoms with E-state index in [2.05, 4.69) is 10.2 Å². The molecule has 2 rings (SSSR count). The zero-order valence-electron chi connectivity index (χ0n) is 11.2. The van der Waals surface area contributed by atoms with Gasteiger partial charge in [-0.05, 0) is 17.7 Å². The van der Waals surface area contributed by atoms with E-state index in [9.17, 15) is 8.42 Å². The second-order valence-corrected chi connectivity index (χ2v) is 6.27. The molecule has 1 aromatic carbocycles. The molecule has 108 valence electrons. The maximum atomic E-state index is 12.3. The van der Waals surface area contributed by atoms with Gasteiger partial charge in [-0.15, -0.1) is 0 Å².